The van der Waals surface area contributed by atoms with Gasteiger partial charge in [-0.2, -0.15) is 0 Å². The fourth-order valence-corrected chi connectivity index (χ4v) is 2.00. The Hall–Kier alpha value is -2.63. The van der Waals surface area contributed by atoms with E-state index in [1.165, 1.54) is 16.8 Å². The molecule has 2 aromatic rings. The van der Waals surface area contributed by atoms with Gasteiger partial charge in [-0.15, -0.1) is 0 Å². The Morgan fingerprint density at radius 2 is 2.00 bits per heavy atom. The molecule has 0 unspecified atom stereocenters. The van der Waals surface area contributed by atoms with Crippen LogP contribution in [0.25, 0.3) is 0 Å². The number of nitrogens with one attached hydrogen (secondary N) is 2. The van der Waals surface area contributed by atoms with Crippen molar-refractivity contribution in [2.45, 2.75) is 20.4 Å². The van der Waals surface area contributed by atoms with Gasteiger partial charge in [0.2, 0.25) is 0 Å². The van der Waals surface area contributed by atoms with Gasteiger partial charge < -0.3 is 5.32 Å². The molecule has 1 heterocycles. The number of carbonyl (C=O) groups excluding carboxylic acids is 1. The van der Waals surface area contributed by atoms with Crippen LogP contribution in [0, 0.1) is 13.8 Å². The molecule has 0 aliphatic rings. The number of amides is 1. The molecule has 0 radical (unpaired) electrons. The monoisotopic (exact) mass is 287 g/mol. The van der Waals surface area contributed by atoms with E-state index in [4.69, 9.17) is 0 Å². The summed E-state index contributed by atoms with van der Waals surface area (Å²) in [5, 5.41) is 2.77. The van der Waals surface area contributed by atoms with Gasteiger partial charge in [0.05, 0.1) is 0 Å². The van der Waals surface area contributed by atoms with Crippen LogP contribution in [-0.4, -0.2) is 22.0 Å². The van der Waals surface area contributed by atoms with Crippen LogP contribution in [0.15, 0.2) is 40.1 Å². The fourth-order valence-electron chi connectivity index (χ4n) is 2.00. The molecule has 6 nitrogen and oxygen atoms in total. The minimum Gasteiger partial charge on any atom is -0.350 e. The maximum absolute atomic E-state index is 12.1. The van der Waals surface area contributed by atoms with Crippen LogP contribution < -0.4 is 16.6 Å². The van der Waals surface area contributed by atoms with Crippen LogP contribution in [0.1, 0.15) is 21.5 Å². The van der Waals surface area contributed by atoms with Gasteiger partial charge in [-0.3, -0.25) is 19.1 Å². The number of aromatic amines is 1. The van der Waals surface area contributed by atoms with Crippen molar-refractivity contribution in [2.24, 2.45) is 0 Å². The smallest absolute Gasteiger partial charge is 0.328 e. The molecule has 0 bridgehead atoms. The Kier molecular flexibility index (Phi) is 4.37. The summed E-state index contributed by atoms with van der Waals surface area (Å²) in [6, 6.07) is 6.83. The van der Waals surface area contributed by atoms with Crippen LogP contribution in [0.5, 0.6) is 0 Å². The Bertz CT molecular complexity index is 774. The molecule has 0 fully saturated rings. The minimum absolute atomic E-state index is 0.173. The number of hydrogen-bond donors (Lipinski definition) is 2. The van der Waals surface area contributed by atoms with E-state index in [0.717, 1.165) is 11.1 Å². The second-order valence-electron chi connectivity index (χ2n) is 4.81. The Labute approximate surface area is 121 Å². The Morgan fingerprint density at radius 1 is 1.24 bits per heavy atom. The third kappa shape index (κ3) is 3.47. The molecule has 1 aromatic carbocycles. The highest BCUT2D eigenvalue weighted by atomic mass is 16.2. The maximum atomic E-state index is 12.1. The van der Waals surface area contributed by atoms with Crippen molar-refractivity contribution in [1.82, 2.24) is 14.9 Å². The number of H-pyrrole nitrogens is 1. The highest BCUT2D eigenvalue weighted by Crippen LogP contribution is 2.12. The van der Waals surface area contributed by atoms with Crippen molar-refractivity contribution in [2.75, 3.05) is 6.54 Å². The minimum atomic E-state index is -0.483. The van der Waals surface area contributed by atoms with Gasteiger partial charge in [0.1, 0.15) is 0 Å². The summed E-state index contributed by atoms with van der Waals surface area (Å²) >= 11 is 0. The Morgan fingerprint density at radius 3 is 2.71 bits per heavy atom. The van der Waals surface area contributed by atoms with E-state index in [1.54, 1.807) is 6.07 Å². The van der Waals surface area contributed by atoms with E-state index in [2.05, 4.69) is 10.3 Å². The van der Waals surface area contributed by atoms with Crippen molar-refractivity contribution in [3.05, 3.63) is 68.0 Å². The fraction of sp³-hybridized carbons (Fsp3) is 0.267. The van der Waals surface area contributed by atoms with Crippen LogP contribution >= 0.6 is 0 Å². The molecular formula is C15H17N3O3. The van der Waals surface area contributed by atoms with Crippen LogP contribution in [0.3, 0.4) is 0 Å². The zero-order valence-electron chi connectivity index (χ0n) is 12.0. The molecule has 0 atom stereocenters. The molecule has 0 saturated heterocycles. The first-order valence-electron chi connectivity index (χ1n) is 6.63. The van der Waals surface area contributed by atoms with Crippen LogP contribution in [0.4, 0.5) is 0 Å². The predicted octanol–water partition coefficient (Wildman–Crippen LogP) is 0.583. The summed E-state index contributed by atoms with van der Waals surface area (Å²) in [5.41, 5.74) is 1.71. The van der Waals surface area contributed by atoms with Crippen LogP contribution in [-0.2, 0) is 6.54 Å². The number of hydrogen-bond acceptors (Lipinski definition) is 3. The second-order valence-corrected chi connectivity index (χ2v) is 4.81. The zero-order valence-corrected chi connectivity index (χ0v) is 12.0. The summed E-state index contributed by atoms with van der Waals surface area (Å²) in [6.45, 7) is 4.45. The normalized spacial score (nSPS) is 10.4. The summed E-state index contributed by atoms with van der Waals surface area (Å²) in [7, 11) is 0. The first kappa shape index (κ1) is 14.8. The molecule has 110 valence electrons. The molecule has 0 aliphatic heterocycles. The lowest BCUT2D eigenvalue weighted by Crippen LogP contribution is -2.34. The lowest BCUT2D eigenvalue weighted by molar-refractivity contribution is 0.0951. The van der Waals surface area contributed by atoms with Gasteiger partial charge in [0, 0.05) is 30.9 Å². The van der Waals surface area contributed by atoms with Crippen molar-refractivity contribution >= 4 is 5.91 Å². The number of rotatable bonds is 4. The molecule has 21 heavy (non-hydrogen) atoms. The standard InChI is InChI=1S/C15H17N3O3/c1-10-4-3-5-12(11(10)2)14(20)16-7-9-18-8-6-13(19)17-15(18)21/h3-6,8H,7,9H2,1-2H3,(H,16,20)(H,17,19,21). The third-order valence-corrected chi connectivity index (χ3v) is 3.38. The average Bonchev–Trinajstić information content (AvgIpc) is 2.44. The quantitative estimate of drug-likeness (QED) is 0.863. The largest absolute Gasteiger partial charge is 0.350 e. The topological polar surface area (TPSA) is 84.0 Å². The number of benzene rings is 1. The molecular weight excluding hydrogens is 270 g/mol. The SMILES string of the molecule is Cc1cccc(C(=O)NCCn2ccc(=O)[nH]c2=O)c1C. The van der Waals surface area contributed by atoms with Crippen molar-refractivity contribution in [3.63, 3.8) is 0 Å². The van der Waals surface area contributed by atoms with Gasteiger partial charge >= 0.3 is 5.69 Å². The summed E-state index contributed by atoms with van der Waals surface area (Å²) in [6.07, 6.45) is 1.41. The van der Waals surface area contributed by atoms with Gasteiger partial charge in [-0.25, -0.2) is 4.79 Å². The molecule has 2 N–H and O–H groups in total. The van der Waals surface area contributed by atoms with E-state index in [1.807, 2.05) is 26.0 Å². The van der Waals surface area contributed by atoms with Crippen molar-refractivity contribution < 1.29 is 4.79 Å². The van der Waals surface area contributed by atoms with Crippen LogP contribution in [0.2, 0.25) is 0 Å². The highest BCUT2D eigenvalue weighted by Gasteiger charge is 2.09. The first-order chi connectivity index (χ1) is 9.99. The van der Waals surface area contributed by atoms with E-state index < -0.39 is 11.2 Å². The summed E-state index contributed by atoms with van der Waals surface area (Å²) < 4.78 is 1.34. The predicted molar refractivity (Wildman–Crippen MR) is 79.6 cm³/mol. The average molecular weight is 287 g/mol. The number of aromatic nitrogens is 2. The third-order valence-electron chi connectivity index (χ3n) is 3.38. The first-order valence-corrected chi connectivity index (χ1v) is 6.63. The molecule has 2 rings (SSSR count). The number of carbonyl (C=O) groups is 1. The van der Waals surface area contributed by atoms with E-state index in [-0.39, 0.29) is 5.91 Å². The summed E-state index contributed by atoms with van der Waals surface area (Å²) in [4.78, 5) is 36.7. The van der Waals surface area contributed by atoms with E-state index >= 15 is 0 Å². The van der Waals surface area contributed by atoms with E-state index in [0.29, 0.717) is 18.7 Å². The summed E-state index contributed by atoms with van der Waals surface area (Å²) in [5.74, 6) is -0.173. The number of nitrogens with zero attached hydrogens (tertiary/aromatic N) is 1. The van der Waals surface area contributed by atoms with Gasteiger partial charge in [-0.05, 0) is 31.0 Å². The lowest BCUT2D eigenvalue weighted by atomic mass is 10.0. The molecule has 1 amide bonds. The highest BCUT2D eigenvalue weighted by molar-refractivity contribution is 5.95. The van der Waals surface area contributed by atoms with E-state index in [9.17, 15) is 14.4 Å². The molecule has 0 saturated carbocycles. The molecule has 1 aromatic heterocycles. The molecule has 6 heteroatoms. The lowest BCUT2D eigenvalue weighted by Gasteiger charge is -2.10. The molecule has 0 spiro atoms. The van der Waals surface area contributed by atoms with Gasteiger partial charge in [0.25, 0.3) is 11.5 Å². The number of aryl methyl sites for hydroxylation is 1. The zero-order chi connectivity index (χ0) is 15.4. The Balaban J connectivity index is 2.00. The molecule has 0 aliphatic carbocycles. The second kappa shape index (κ2) is 6.21. The van der Waals surface area contributed by atoms with Crippen molar-refractivity contribution in [1.29, 1.82) is 0 Å². The van der Waals surface area contributed by atoms with Crippen molar-refractivity contribution in [3.8, 4) is 0 Å². The van der Waals surface area contributed by atoms with Gasteiger partial charge in [-0.1, -0.05) is 12.1 Å². The van der Waals surface area contributed by atoms with Gasteiger partial charge in [0.15, 0.2) is 0 Å². The maximum Gasteiger partial charge on any atom is 0.328 e.